The Kier molecular flexibility index (Phi) is 8.56. The van der Waals surface area contributed by atoms with Crippen LogP contribution in [0.3, 0.4) is 0 Å². The van der Waals surface area contributed by atoms with Crippen molar-refractivity contribution >= 4 is 16.9 Å². The Hall–Kier alpha value is -3.43. The molecule has 2 heterocycles. The van der Waals surface area contributed by atoms with Gasteiger partial charge in [-0.2, -0.15) is 0 Å². The highest BCUT2D eigenvalue weighted by molar-refractivity contribution is 5.83. The summed E-state index contributed by atoms with van der Waals surface area (Å²) in [6.07, 6.45) is 2.44. The molecule has 1 aliphatic rings. The van der Waals surface area contributed by atoms with Crippen molar-refractivity contribution in [3.8, 4) is 17.6 Å². The molecule has 1 fully saturated rings. The Balaban J connectivity index is 1.39. The normalized spacial score (nSPS) is 18.9. The maximum absolute atomic E-state index is 15.5. The molecule has 1 N–H and O–H groups in total. The van der Waals surface area contributed by atoms with Crippen molar-refractivity contribution < 1.29 is 19.0 Å². The largest absolute Gasteiger partial charge is 0.497 e. The van der Waals surface area contributed by atoms with Gasteiger partial charge in [0.1, 0.15) is 11.9 Å². The van der Waals surface area contributed by atoms with Gasteiger partial charge in [0.25, 0.3) is 0 Å². The van der Waals surface area contributed by atoms with E-state index in [4.69, 9.17) is 4.74 Å². The fraction of sp³-hybridized carbons (Fsp3) is 0.400. The maximum atomic E-state index is 15.5. The van der Waals surface area contributed by atoms with E-state index in [0.717, 1.165) is 29.4 Å². The summed E-state index contributed by atoms with van der Waals surface area (Å²) in [7, 11) is 1.59. The highest BCUT2D eigenvalue weighted by Crippen LogP contribution is 2.36. The van der Waals surface area contributed by atoms with Crippen LogP contribution in [-0.2, 0) is 4.79 Å². The van der Waals surface area contributed by atoms with Crippen LogP contribution in [0.4, 0.5) is 4.39 Å². The third-order valence-electron chi connectivity index (χ3n) is 7.08. The molecule has 3 atom stereocenters. The van der Waals surface area contributed by atoms with E-state index in [1.807, 2.05) is 43.3 Å². The number of rotatable bonds is 8. The molecule has 0 unspecified atom stereocenters. The van der Waals surface area contributed by atoms with Crippen molar-refractivity contribution in [3.05, 3.63) is 71.4 Å². The smallest absolute Gasteiger partial charge is 0.303 e. The van der Waals surface area contributed by atoms with Crippen molar-refractivity contribution in [3.63, 3.8) is 0 Å². The van der Waals surface area contributed by atoms with Crippen LogP contribution in [0.5, 0.6) is 5.75 Å². The number of benzene rings is 2. The summed E-state index contributed by atoms with van der Waals surface area (Å²) in [6, 6.07) is 15.3. The fourth-order valence-corrected chi connectivity index (χ4v) is 5.17. The number of aryl methyl sites for hydroxylation is 1. The zero-order valence-corrected chi connectivity index (χ0v) is 20.9. The summed E-state index contributed by atoms with van der Waals surface area (Å²) in [4.78, 5) is 18.1. The molecule has 0 aliphatic carbocycles. The third-order valence-corrected chi connectivity index (χ3v) is 7.08. The number of carboxylic acid groups (broad SMARTS) is 1. The van der Waals surface area contributed by atoms with Gasteiger partial charge in [-0.25, -0.2) is 4.39 Å². The van der Waals surface area contributed by atoms with Crippen molar-refractivity contribution in [1.82, 2.24) is 9.88 Å². The number of ether oxygens (including phenoxy) is 1. The van der Waals surface area contributed by atoms with Gasteiger partial charge in [0.15, 0.2) is 0 Å². The first kappa shape index (κ1) is 25.7. The van der Waals surface area contributed by atoms with Gasteiger partial charge in [0.2, 0.25) is 0 Å². The number of alkyl halides is 1. The lowest BCUT2D eigenvalue weighted by atomic mass is 9.79. The molecule has 6 heteroatoms. The zero-order valence-electron chi connectivity index (χ0n) is 20.9. The molecule has 36 heavy (non-hydrogen) atoms. The van der Waals surface area contributed by atoms with Crippen LogP contribution in [-0.4, -0.2) is 47.7 Å². The molecule has 1 saturated heterocycles. The molecule has 2 aromatic carbocycles. The number of carboxylic acids is 1. The summed E-state index contributed by atoms with van der Waals surface area (Å²) < 4.78 is 20.8. The second kappa shape index (κ2) is 12.0. The van der Waals surface area contributed by atoms with E-state index in [0.29, 0.717) is 37.2 Å². The number of pyridine rings is 1. The molecule has 188 valence electrons. The van der Waals surface area contributed by atoms with E-state index in [9.17, 15) is 9.90 Å². The average Bonchev–Trinajstić information content (AvgIpc) is 2.87. The maximum Gasteiger partial charge on any atom is 0.303 e. The van der Waals surface area contributed by atoms with E-state index in [1.165, 1.54) is 5.56 Å². The number of aliphatic carboxylic acids is 1. The van der Waals surface area contributed by atoms with Gasteiger partial charge in [-0.3, -0.25) is 14.7 Å². The first-order valence-electron chi connectivity index (χ1n) is 12.5. The Morgan fingerprint density at radius 2 is 2.11 bits per heavy atom. The monoisotopic (exact) mass is 488 g/mol. The summed E-state index contributed by atoms with van der Waals surface area (Å²) in [5.74, 6) is 6.47. The molecule has 5 nitrogen and oxygen atoms in total. The van der Waals surface area contributed by atoms with Gasteiger partial charge in [0, 0.05) is 30.1 Å². The molecule has 0 amide bonds. The minimum atomic E-state index is -1.15. The molecule has 0 saturated carbocycles. The molecule has 0 bridgehead atoms. The first-order chi connectivity index (χ1) is 17.4. The number of halogens is 1. The van der Waals surface area contributed by atoms with E-state index < -0.39 is 12.1 Å². The van der Waals surface area contributed by atoms with Crippen LogP contribution >= 0.6 is 0 Å². The van der Waals surface area contributed by atoms with Crippen LogP contribution in [0, 0.1) is 30.6 Å². The highest BCUT2D eigenvalue weighted by Gasteiger charge is 2.31. The number of fused-ring (bicyclic) bond motifs is 1. The predicted molar refractivity (Wildman–Crippen MR) is 140 cm³/mol. The Labute approximate surface area is 212 Å². The molecule has 3 aromatic rings. The van der Waals surface area contributed by atoms with E-state index in [1.54, 1.807) is 19.4 Å². The van der Waals surface area contributed by atoms with Crippen molar-refractivity contribution in [2.75, 3.05) is 26.7 Å². The lowest BCUT2D eigenvalue weighted by Gasteiger charge is -2.37. The van der Waals surface area contributed by atoms with Crippen LogP contribution < -0.4 is 4.74 Å². The Bertz CT molecular complexity index is 1270. The molecular formula is C30H33FN2O3. The average molecular weight is 489 g/mol. The van der Waals surface area contributed by atoms with Crippen LogP contribution in [0.25, 0.3) is 10.9 Å². The molecule has 1 aromatic heterocycles. The van der Waals surface area contributed by atoms with Crippen LogP contribution in [0.15, 0.2) is 54.7 Å². The van der Waals surface area contributed by atoms with Crippen molar-refractivity contribution in [2.24, 2.45) is 11.8 Å². The minimum absolute atomic E-state index is 0.0153. The number of nitrogens with zero attached hydrogens (tertiary/aromatic N) is 2. The summed E-state index contributed by atoms with van der Waals surface area (Å²) in [6.45, 7) is 4.16. The molecule has 0 spiro atoms. The third kappa shape index (κ3) is 6.61. The fourth-order valence-electron chi connectivity index (χ4n) is 5.17. The molecule has 0 radical (unpaired) electrons. The number of hydrogen-bond donors (Lipinski definition) is 1. The number of carbonyl (C=O) groups is 1. The van der Waals surface area contributed by atoms with Gasteiger partial charge < -0.3 is 9.84 Å². The van der Waals surface area contributed by atoms with Crippen molar-refractivity contribution in [1.29, 1.82) is 0 Å². The van der Waals surface area contributed by atoms with E-state index >= 15 is 4.39 Å². The number of likely N-dealkylation sites (tertiary alicyclic amines) is 1. The zero-order chi connectivity index (χ0) is 25.5. The molecular weight excluding hydrogens is 455 g/mol. The van der Waals surface area contributed by atoms with E-state index in [-0.39, 0.29) is 18.3 Å². The topological polar surface area (TPSA) is 62.7 Å². The first-order valence-corrected chi connectivity index (χ1v) is 12.5. The van der Waals surface area contributed by atoms with Crippen LogP contribution in [0.2, 0.25) is 0 Å². The number of aromatic nitrogens is 1. The quantitative estimate of drug-likeness (QED) is 0.406. The number of methoxy groups -OCH3 is 1. The van der Waals surface area contributed by atoms with Gasteiger partial charge in [-0.15, -0.1) is 0 Å². The highest BCUT2D eigenvalue weighted by atomic mass is 19.1. The Morgan fingerprint density at radius 1 is 1.25 bits per heavy atom. The second-order valence-corrected chi connectivity index (χ2v) is 9.64. The summed E-state index contributed by atoms with van der Waals surface area (Å²) in [5.41, 5.74) is 3.51. The lowest BCUT2D eigenvalue weighted by molar-refractivity contribution is -0.139. The number of piperidine rings is 1. The van der Waals surface area contributed by atoms with Crippen molar-refractivity contribution in [2.45, 2.75) is 38.8 Å². The Morgan fingerprint density at radius 3 is 2.89 bits per heavy atom. The van der Waals surface area contributed by atoms with Gasteiger partial charge in [-0.1, -0.05) is 24.0 Å². The lowest BCUT2D eigenvalue weighted by Crippen LogP contribution is -2.41. The SMILES string of the molecule is COc1ccc2nccc([C@H](F)CC[C@@H]3CCN(CC#Cc4cccc(C)c4)C[C@@H]3CC(=O)O)c2c1. The summed E-state index contributed by atoms with van der Waals surface area (Å²) >= 11 is 0. The van der Waals surface area contributed by atoms with Gasteiger partial charge in [0.05, 0.1) is 19.2 Å². The van der Waals surface area contributed by atoms with Gasteiger partial charge >= 0.3 is 5.97 Å². The van der Waals surface area contributed by atoms with E-state index in [2.05, 4.69) is 27.8 Å². The second-order valence-electron chi connectivity index (χ2n) is 9.64. The van der Waals surface area contributed by atoms with Crippen LogP contribution in [0.1, 0.15) is 48.5 Å². The standard InChI is InChI=1S/C30H33FN2O3/c1-21-5-3-6-22(17-21)7-4-15-33-16-13-23(24(20-33)18-30(34)35)8-10-28(31)26-12-14-32-29-11-9-25(36-2)19-27(26)29/h3,5-6,9,11-12,14,17,19,23-24,28H,8,10,13,15-16,18,20H2,1-2H3,(H,34,35)/t23-,24+,28-/m1/s1. The minimum Gasteiger partial charge on any atom is -0.497 e. The van der Waals surface area contributed by atoms with Gasteiger partial charge in [-0.05, 0) is 92.1 Å². The molecule has 1 aliphatic heterocycles. The number of hydrogen-bond acceptors (Lipinski definition) is 4. The predicted octanol–water partition coefficient (Wildman–Crippen LogP) is 5.81. The molecule has 4 rings (SSSR count). The summed E-state index contributed by atoms with van der Waals surface area (Å²) in [5, 5.41) is 10.3.